The van der Waals surface area contributed by atoms with E-state index in [1.807, 2.05) is 50.2 Å². The van der Waals surface area contributed by atoms with Crippen LogP contribution in [0.1, 0.15) is 39.2 Å². The third kappa shape index (κ3) is 4.12. The Morgan fingerprint density at radius 2 is 0.829 bits per heavy atom. The minimum atomic E-state index is 0.324. The fraction of sp³-hybridized carbons (Fsp3) is 0.158. The summed E-state index contributed by atoms with van der Waals surface area (Å²) in [6, 6.07) is 32.6. The average Bonchev–Trinajstić information content (AvgIpc) is 3.01. The van der Waals surface area contributed by atoms with Gasteiger partial charge in [0.1, 0.15) is 17.2 Å². The first kappa shape index (κ1) is 26.5. The SMILES string of the molecule is CC.CC(C)c1ccc2ccc3c(O)ccc4ccc1c2c43.COc1ccc2ccc3c(O)ccc4ccc1c2c43. The van der Waals surface area contributed by atoms with Gasteiger partial charge in [0.25, 0.3) is 0 Å². The molecule has 3 heteroatoms. The minimum absolute atomic E-state index is 0.324. The molecule has 0 saturated carbocycles. The molecule has 0 aliphatic carbocycles. The lowest BCUT2D eigenvalue weighted by Crippen LogP contribution is -1.92. The molecule has 0 bridgehead atoms. The summed E-state index contributed by atoms with van der Waals surface area (Å²) >= 11 is 0. The highest BCUT2D eigenvalue weighted by molar-refractivity contribution is 6.26. The van der Waals surface area contributed by atoms with Crippen LogP contribution < -0.4 is 4.74 Å². The smallest absolute Gasteiger partial charge is 0.126 e. The first-order valence-electron chi connectivity index (χ1n) is 14.3. The number of benzene rings is 8. The van der Waals surface area contributed by atoms with Crippen molar-refractivity contribution < 1.29 is 14.9 Å². The molecule has 0 aromatic heterocycles. The van der Waals surface area contributed by atoms with Gasteiger partial charge in [0.2, 0.25) is 0 Å². The van der Waals surface area contributed by atoms with Crippen LogP contribution in [-0.4, -0.2) is 17.3 Å². The van der Waals surface area contributed by atoms with E-state index < -0.39 is 0 Å². The Kier molecular flexibility index (Phi) is 6.67. The Balaban J connectivity index is 0.000000139. The van der Waals surface area contributed by atoms with E-state index in [4.69, 9.17) is 4.74 Å². The molecule has 8 aromatic carbocycles. The zero-order valence-electron chi connectivity index (χ0n) is 24.1. The third-order valence-corrected chi connectivity index (χ3v) is 8.12. The van der Waals surface area contributed by atoms with Gasteiger partial charge < -0.3 is 14.9 Å². The Morgan fingerprint density at radius 1 is 0.463 bits per heavy atom. The van der Waals surface area contributed by atoms with E-state index in [-0.39, 0.29) is 0 Å². The Bertz CT molecular complexity index is 2160. The van der Waals surface area contributed by atoms with Crippen molar-refractivity contribution >= 4 is 64.6 Å². The number of ether oxygens (including phenoxy) is 1. The number of rotatable bonds is 2. The summed E-state index contributed by atoms with van der Waals surface area (Å²) < 4.78 is 5.44. The van der Waals surface area contributed by atoms with Crippen molar-refractivity contribution in [1.82, 2.24) is 0 Å². The number of phenols is 2. The van der Waals surface area contributed by atoms with Crippen LogP contribution in [0, 0.1) is 0 Å². The Labute approximate surface area is 239 Å². The van der Waals surface area contributed by atoms with E-state index in [1.54, 1.807) is 19.2 Å². The van der Waals surface area contributed by atoms with Crippen LogP contribution >= 0.6 is 0 Å². The van der Waals surface area contributed by atoms with E-state index >= 15 is 0 Å². The van der Waals surface area contributed by atoms with Crippen LogP contribution in [0.3, 0.4) is 0 Å². The second-order valence-electron chi connectivity index (χ2n) is 10.6. The number of hydrogen-bond acceptors (Lipinski definition) is 3. The molecule has 2 N–H and O–H groups in total. The molecular weight excluding hydrogens is 504 g/mol. The minimum Gasteiger partial charge on any atom is -0.507 e. The highest BCUT2D eigenvalue weighted by Crippen LogP contribution is 2.42. The predicted molar refractivity (Wildman–Crippen MR) is 176 cm³/mol. The standard InChI is InChI=1S/C19H16O.C17H12O2.C2H6/c1-11(2)14-7-3-12-5-9-16-17(20)10-6-13-4-8-15(14)18(12)19(13)16;1-19-15-9-5-11-2-6-12-14(18)8-4-10-3-7-13(15)17(11)16(10)12;1-2/h3-11,20H,1-2H3;2-9,18H,1H3;1-2H3. The molecule has 0 aliphatic heterocycles. The number of hydrogen-bond donors (Lipinski definition) is 2. The lowest BCUT2D eigenvalue weighted by Gasteiger charge is -2.16. The Hall–Kier alpha value is -4.76. The molecule has 8 aromatic rings. The van der Waals surface area contributed by atoms with Crippen LogP contribution in [0.25, 0.3) is 64.6 Å². The highest BCUT2D eigenvalue weighted by atomic mass is 16.5. The predicted octanol–water partition coefficient (Wildman–Crippen LogP) is 10.7. The van der Waals surface area contributed by atoms with Gasteiger partial charge in [0.15, 0.2) is 0 Å². The summed E-state index contributed by atoms with van der Waals surface area (Å²) in [6.45, 7) is 8.45. The van der Waals surface area contributed by atoms with E-state index in [2.05, 4.69) is 62.4 Å². The number of aromatic hydroxyl groups is 2. The van der Waals surface area contributed by atoms with Gasteiger partial charge in [0, 0.05) is 32.3 Å². The summed E-state index contributed by atoms with van der Waals surface area (Å²) in [5.41, 5.74) is 1.37. The maximum absolute atomic E-state index is 10.1. The van der Waals surface area contributed by atoms with Crippen LogP contribution in [0.4, 0.5) is 0 Å². The quantitative estimate of drug-likeness (QED) is 0.215. The molecule has 0 heterocycles. The maximum atomic E-state index is 10.1. The molecule has 0 radical (unpaired) electrons. The van der Waals surface area contributed by atoms with E-state index in [1.165, 1.54) is 37.9 Å². The van der Waals surface area contributed by atoms with Gasteiger partial charge >= 0.3 is 0 Å². The summed E-state index contributed by atoms with van der Waals surface area (Å²) in [5, 5.41) is 33.9. The van der Waals surface area contributed by atoms with Gasteiger partial charge in [0.05, 0.1) is 7.11 Å². The topological polar surface area (TPSA) is 49.7 Å². The third-order valence-electron chi connectivity index (χ3n) is 8.12. The monoisotopic (exact) mass is 538 g/mol. The van der Waals surface area contributed by atoms with Gasteiger partial charge in [-0.05, 0) is 68.1 Å². The number of phenolic OH excluding ortho intramolecular Hbond substituents is 2. The maximum Gasteiger partial charge on any atom is 0.126 e. The summed E-state index contributed by atoms with van der Waals surface area (Å²) in [7, 11) is 1.68. The zero-order chi connectivity index (χ0) is 28.8. The van der Waals surface area contributed by atoms with Crippen molar-refractivity contribution in [2.45, 2.75) is 33.6 Å². The second kappa shape index (κ2) is 10.3. The molecule has 0 saturated heterocycles. The van der Waals surface area contributed by atoms with Crippen molar-refractivity contribution in [3.63, 3.8) is 0 Å². The average molecular weight is 539 g/mol. The summed E-state index contributed by atoms with van der Waals surface area (Å²) in [4.78, 5) is 0. The van der Waals surface area contributed by atoms with Gasteiger partial charge in [-0.3, -0.25) is 0 Å². The molecular formula is C38H34O3. The van der Waals surface area contributed by atoms with Gasteiger partial charge in [-0.2, -0.15) is 0 Å². The van der Waals surface area contributed by atoms with Gasteiger partial charge in [-0.15, -0.1) is 0 Å². The van der Waals surface area contributed by atoms with E-state index in [9.17, 15) is 10.2 Å². The highest BCUT2D eigenvalue weighted by Gasteiger charge is 2.14. The lowest BCUT2D eigenvalue weighted by molar-refractivity contribution is 0.420. The van der Waals surface area contributed by atoms with E-state index in [0.717, 1.165) is 38.1 Å². The van der Waals surface area contributed by atoms with Crippen molar-refractivity contribution in [3.8, 4) is 17.2 Å². The van der Waals surface area contributed by atoms with Crippen LogP contribution in [0.2, 0.25) is 0 Å². The molecule has 204 valence electrons. The zero-order valence-corrected chi connectivity index (χ0v) is 24.1. The van der Waals surface area contributed by atoms with Crippen molar-refractivity contribution in [2.24, 2.45) is 0 Å². The molecule has 0 amide bonds. The molecule has 0 spiro atoms. The van der Waals surface area contributed by atoms with Crippen LogP contribution in [0.5, 0.6) is 17.2 Å². The fourth-order valence-electron chi connectivity index (χ4n) is 6.25. The number of methoxy groups -OCH3 is 1. The fourth-order valence-corrected chi connectivity index (χ4v) is 6.25. The van der Waals surface area contributed by atoms with Crippen LogP contribution in [0.15, 0.2) is 97.1 Å². The van der Waals surface area contributed by atoms with Crippen molar-refractivity contribution in [2.75, 3.05) is 7.11 Å². The first-order valence-corrected chi connectivity index (χ1v) is 14.3. The normalized spacial score (nSPS) is 11.5. The molecule has 0 atom stereocenters. The summed E-state index contributed by atoms with van der Waals surface area (Å²) in [6.07, 6.45) is 0. The van der Waals surface area contributed by atoms with Crippen molar-refractivity contribution in [1.29, 1.82) is 0 Å². The first-order chi connectivity index (χ1) is 20.0. The molecule has 0 fully saturated rings. The molecule has 3 nitrogen and oxygen atoms in total. The lowest BCUT2D eigenvalue weighted by atomic mass is 9.88. The van der Waals surface area contributed by atoms with Gasteiger partial charge in [-0.1, -0.05) is 100 Å². The van der Waals surface area contributed by atoms with Crippen molar-refractivity contribution in [3.05, 3.63) is 103 Å². The molecule has 0 unspecified atom stereocenters. The molecule has 0 aliphatic rings. The molecule has 8 rings (SSSR count). The van der Waals surface area contributed by atoms with E-state index in [0.29, 0.717) is 17.4 Å². The largest absolute Gasteiger partial charge is 0.507 e. The Morgan fingerprint density at radius 3 is 1.32 bits per heavy atom. The molecule has 41 heavy (non-hydrogen) atoms. The summed E-state index contributed by atoms with van der Waals surface area (Å²) in [5.74, 6) is 2.05. The van der Waals surface area contributed by atoms with Gasteiger partial charge in [-0.25, -0.2) is 0 Å². The second-order valence-corrected chi connectivity index (χ2v) is 10.6. The van der Waals surface area contributed by atoms with Crippen LogP contribution in [-0.2, 0) is 0 Å².